The van der Waals surface area contributed by atoms with Crippen LogP contribution in [0.25, 0.3) is 5.82 Å². The van der Waals surface area contributed by atoms with E-state index in [9.17, 15) is 4.79 Å². The molecule has 3 aromatic rings. The van der Waals surface area contributed by atoms with Gasteiger partial charge in [0.25, 0.3) is 5.56 Å². The average Bonchev–Trinajstić information content (AvgIpc) is 3.35. The van der Waals surface area contributed by atoms with Crippen molar-refractivity contribution in [3.05, 3.63) is 58.8 Å². The lowest BCUT2D eigenvalue weighted by molar-refractivity contribution is 0.251. The van der Waals surface area contributed by atoms with Crippen molar-refractivity contribution < 1.29 is 4.42 Å². The summed E-state index contributed by atoms with van der Waals surface area (Å²) in [7, 11) is 0. The highest BCUT2D eigenvalue weighted by atomic mass is 16.3. The second-order valence-electron chi connectivity index (χ2n) is 7.16. The number of hydrogen-bond donors (Lipinski definition) is 1. The maximum absolute atomic E-state index is 12.3. The van der Waals surface area contributed by atoms with Crippen molar-refractivity contribution in [3.8, 4) is 5.82 Å². The van der Waals surface area contributed by atoms with Crippen molar-refractivity contribution in [2.75, 3.05) is 0 Å². The molecule has 0 aromatic carbocycles. The molecule has 4 rings (SSSR count). The van der Waals surface area contributed by atoms with Crippen LogP contribution in [0.5, 0.6) is 0 Å². The third-order valence-corrected chi connectivity index (χ3v) is 5.18. The van der Waals surface area contributed by atoms with Gasteiger partial charge in [-0.2, -0.15) is 5.10 Å². The molecule has 0 bridgehead atoms. The van der Waals surface area contributed by atoms with Crippen LogP contribution in [0.2, 0.25) is 0 Å². The van der Waals surface area contributed by atoms with Gasteiger partial charge in [-0.15, -0.1) is 5.10 Å². The molecule has 1 aliphatic carbocycles. The summed E-state index contributed by atoms with van der Waals surface area (Å²) in [5.74, 6) is 2.50. The van der Waals surface area contributed by atoms with Crippen LogP contribution >= 0.6 is 0 Å². The number of rotatable bonds is 5. The number of nitrogens with one attached hydrogen (secondary N) is 1. The van der Waals surface area contributed by atoms with Gasteiger partial charge in [-0.3, -0.25) is 4.79 Å². The van der Waals surface area contributed by atoms with E-state index in [0.29, 0.717) is 11.9 Å². The minimum absolute atomic E-state index is 0.0743. The van der Waals surface area contributed by atoms with Gasteiger partial charge in [0.1, 0.15) is 24.2 Å². The second kappa shape index (κ2) is 7.48. The first-order valence-electron chi connectivity index (χ1n) is 9.37. The van der Waals surface area contributed by atoms with E-state index in [4.69, 9.17) is 4.42 Å². The Bertz CT molecular complexity index is 937. The zero-order valence-electron chi connectivity index (χ0n) is 15.6. The highest BCUT2D eigenvalue weighted by Gasteiger charge is 2.25. The van der Waals surface area contributed by atoms with E-state index >= 15 is 0 Å². The standard InChI is InChI=1S/C19H24N6O2/c1-13-3-8-17(27-13)14(2)22-15-4-6-16(7-5-15)25-19(26)10-9-18(23-25)24-12-20-11-21-24/h3,8-12,14-16,22H,4-7H2,1-2H3. The number of aromatic nitrogens is 5. The highest BCUT2D eigenvalue weighted by Crippen LogP contribution is 2.29. The van der Waals surface area contributed by atoms with Crippen LogP contribution in [0.15, 0.2) is 46.1 Å². The number of aryl methyl sites for hydroxylation is 1. The minimum Gasteiger partial charge on any atom is -0.465 e. The normalized spacial score (nSPS) is 21.3. The van der Waals surface area contributed by atoms with E-state index in [2.05, 4.69) is 27.4 Å². The molecule has 0 spiro atoms. The van der Waals surface area contributed by atoms with Crippen molar-refractivity contribution in [2.45, 2.75) is 57.7 Å². The highest BCUT2D eigenvalue weighted by molar-refractivity contribution is 5.16. The van der Waals surface area contributed by atoms with E-state index < -0.39 is 0 Å². The molecule has 27 heavy (non-hydrogen) atoms. The molecule has 8 nitrogen and oxygen atoms in total. The Hall–Kier alpha value is -2.74. The number of furan rings is 1. The Morgan fingerprint density at radius 3 is 2.67 bits per heavy atom. The number of hydrogen-bond acceptors (Lipinski definition) is 6. The summed E-state index contributed by atoms with van der Waals surface area (Å²) in [4.78, 5) is 16.2. The molecule has 0 aliphatic heterocycles. The Labute approximate surface area is 157 Å². The van der Waals surface area contributed by atoms with Crippen molar-refractivity contribution in [3.63, 3.8) is 0 Å². The van der Waals surface area contributed by atoms with Gasteiger partial charge < -0.3 is 9.73 Å². The lowest BCUT2D eigenvalue weighted by Gasteiger charge is -2.31. The van der Waals surface area contributed by atoms with E-state index in [0.717, 1.165) is 37.2 Å². The zero-order chi connectivity index (χ0) is 18.8. The largest absolute Gasteiger partial charge is 0.465 e. The van der Waals surface area contributed by atoms with E-state index in [1.54, 1.807) is 27.8 Å². The van der Waals surface area contributed by atoms with Crippen LogP contribution in [0, 0.1) is 6.92 Å². The lowest BCUT2D eigenvalue weighted by Crippen LogP contribution is -2.37. The van der Waals surface area contributed by atoms with Gasteiger partial charge in [0, 0.05) is 12.1 Å². The molecular formula is C19H24N6O2. The SMILES string of the molecule is Cc1ccc(C(C)NC2CCC(n3nc(-n4cncn4)ccc3=O)CC2)o1. The Morgan fingerprint density at radius 1 is 1.19 bits per heavy atom. The summed E-state index contributed by atoms with van der Waals surface area (Å²) in [6.45, 7) is 4.08. The fraction of sp³-hybridized carbons (Fsp3) is 0.474. The van der Waals surface area contributed by atoms with Gasteiger partial charge in [0.15, 0.2) is 5.82 Å². The fourth-order valence-electron chi connectivity index (χ4n) is 3.73. The summed E-state index contributed by atoms with van der Waals surface area (Å²) >= 11 is 0. The van der Waals surface area contributed by atoms with Crippen LogP contribution in [-0.2, 0) is 0 Å². The molecule has 0 radical (unpaired) electrons. The predicted octanol–water partition coefficient (Wildman–Crippen LogP) is 2.56. The van der Waals surface area contributed by atoms with Crippen molar-refractivity contribution >= 4 is 0 Å². The second-order valence-corrected chi connectivity index (χ2v) is 7.16. The molecule has 1 N–H and O–H groups in total. The van der Waals surface area contributed by atoms with Gasteiger partial charge >= 0.3 is 0 Å². The third-order valence-electron chi connectivity index (χ3n) is 5.18. The Balaban J connectivity index is 1.40. The van der Waals surface area contributed by atoms with Gasteiger partial charge in [-0.25, -0.2) is 14.3 Å². The van der Waals surface area contributed by atoms with E-state index in [1.807, 2.05) is 19.1 Å². The lowest BCUT2D eigenvalue weighted by atomic mass is 9.90. The summed E-state index contributed by atoms with van der Waals surface area (Å²) in [6.07, 6.45) is 6.85. The quantitative estimate of drug-likeness (QED) is 0.744. The molecule has 1 saturated carbocycles. The summed E-state index contributed by atoms with van der Waals surface area (Å²) in [5, 5.41) is 12.2. The molecule has 142 valence electrons. The van der Waals surface area contributed by atoms with Crippen molar-refractivity contribution in [1.82, 2.24) is 29.9 Å². The molecule has 8 heteroatoms. The summed E-state index contributed by atoms with van der Waals surface area (Å²) < 4.78 is 8.88. The zero-order valence-corrected chi connectivity index (χ0v) is 15.6. The summed E-state index contributed by atoms with van der Waals surface area (Å²) in [6, 6.07) is 7.94. The molecule has 1 fully saturated rings. The topological polar surface area (TPSA) is 90.8 Å². The van der Waals surface area contributed by atoms with Gasteiger partial charge in [-0.05, 0) is 57.7 Å². The van der Waals surface area contributed by atoms with Crippen LogP contribution in [0.1, 0.15) is 56.2 Å². The van der Waals surface area contributed by atoms with Crippen LogP contribution < -0.4 is 10.9 Å². The number of nitrogens with zero attached hydrogens (tertiary/aromatic N) is 5. The van der Waals surface area contributed by atoms with Gasteiger partial charge in [0.2, 0.25) is 0 Å². The smallest absolute Gasteiger partial charge is 0.267 e. The maximum Gasteiger partial charge on any atom is 0.267 e. The van der Waals surface area contributed by atoms with Crippen molar-refractivity contribution in [2.24, 2.45) is 0 Å². The van der Waals surface area contributed by atoms with E-state index in [1.165, 1.54) is 6.33 Å². The Morgan fingerprint density at radius 2 is 2.00 bits per heavy atom. The molecule has 3 heterocycles. The summed E-state index contributed by atoms with van der Waals surface area (Å²) in [5.41, 5.74) is -0.0743. The monoisotopic (exact) mass is 368 g/mol. The van der Waals surface area contributed by atoms with Crippen LogP contribution in [0.4, 0.5) is 0 Å². The first-order valence-corrected chi connectivity index (χ1v) is 9.37. The van der Waals surface area contributed by atoms with Crippen molar-refractivity contribution in [1.29, 1.82) is 0 Å². The molecule has 1 aliphatic rings. The molecule has 3 aromatic heterocycles. The van der Waals surface area contributed by atoms with E-state index in [-0.39, 0.29) is 17.6 Å². The molecule has 0 saturated heterocycles. The molecule has 1 unspecified atom stereocenters. The van der Waals surface area contributed by atoms with Crippen LogP contribution in [-0.4, -0.2) is 30.6 Å². The molecule has 1 atom stereocenters. The van der Waals surface area contributed by atoms with Crippen LogP contribution in [0.3, 0.4) is 0 Å². The molecular weight excluding hydrogens is 344 g/mol. The van der Waals surface area contributed by atoms with Gasteiger partial charge in [0.05, 0.1) is 12.1 Å². The fourth-order valence-corrected chi connectivity index (χ4v) is 3.73. The average molecular weight is 368 g/mol. The third kappa shape index (κ3) is 3.85. The maximum atomic E-state index is 12.3. The Kier molecular flexibility index (Phi) is 4.89. The minimum atomic E-state index is -0.0743. The predicted molar refractivity (Wildman–Crippen MR) is 99.7 cm³/mol. The first kappa shape index (κ1) is 17.7. The molecule has 0 amide bonds. The first-order chi connectivity index (χ1) is 13.1. The van der Waals surface area contributed by atoms with Gasteiger partial charge in [-0.1, -0.05) is 0 Å².